The maximum atomic E-state index is 14.1. The van der Waals surface area contributed by atoms with E-state index in [0.717, 1.165) is 55.5 Å². The average Bonchev–Trinajstić information content (AvgIpc) is 3.25. The number of halogens is 2. The third-order valence-corrected chi connectivity index (χ3v) is 5.91. The van der Waals surface area contributed by atoms with Gasteiger partial charge in [-0.15, -0.1) is 0 Å². The van der Waals surface area contributed by atoms with Crippen molar-refractivity contribution in [3.05, 3.63) is 41.7 Å². The number of likely N-dealkylation sites (N-methyl/N-ethyl adjacent to an activating group) is 1. The molecule has 1 aromatic carbocycles. The molecule has 0 bridgehead atoms. The largest absolute Gasteiger partial charge is 0.389 e. The second-order valence-corrected chi connectivity index (χ2v) is 8.11. The number of benzene rings is 1. The van der Waals surface area contributed by atoms with E-state index in [1.807, 2.05) is 0 Å². The Bertz CT molecular complexity index is 1070. The Balaban J connectivity index is 1.60. The summed E-state index contributed by atoms with van der Waals surface area (Å²) in [7, 11) is 3.86. The standard InChI is InChI=1S/C19H21F2N7OS/c1-26-6-8-28(9-7-26)19-13(10-23-27(19)2)24-17(29)15-16(22)30-18(25-15)14-11(20)4-3-5-12(14)21/h3-5,10H,6-9,22H2,1-2H3,(H,24,29). The molecule has 11 heteroatoms. The molecule has 3 heterocycles. The number of nitrogens with two attached hydrogens (primary N) is 1. The SMILES string of the molecule is CN1CCN(c2c(NC(=O)c3nc(-c4c(F)cccc4F)sc3N)cnn2C)CC1. The highest BCUT2D eigenvalue weighted by Crippen LogP contribution is 2.34. The Hall–Kier alpha value is -3.05. The molecule has 0 unspecified atom stereocenters. The Morgan fingerprint density at radius 1 is 1.17 bits per heavy atom. The first-order chi connectivity index (χ1) is 14.3. The number of amides is 1. The summed E-state index contributed by atoms with van der Waals surface area (Å²) in [5.41, 5.74) is 6.10. The van der Waals surface area contributed by atoms with Crippen LogP contribution in [0.2, 0.25) is 0 Å². The van der Waals surface area contributed by atoms with Crippen molar-refractivity contribution in [1.29, 1.82) is 0 Å². The maximum absolute atomic E-state index is 14.1. The Morgan fingerprint density at radius 3 is 2.50 bits per heavy atom. The van der Waals surface area contributed by atoms with Crippen LogP contribution in [0.5, 0.6) is 0 Å². The first-order valence-corrected chi connectivity index (χ1v) is 10.1. The lowest BCUT2D eigenvalue weighted by Crippen LogP contribution is -2.45. The van der Waals surface area contributed by atoms with Gasteiger partial charge in [0.15, 0.2) is 11.5 Å². The second kappa shape index (κ2) is 8.00. The minimum absolute atomic E-state index is 0.0127. The number of thiazole rings is 1. The number of carbonyl (C=O) groups excluding carboxylic acids is 1. The van der Waals surface area contributed by atoms with Crippen LogP contribution in [0.3, 0.4) is 0 Å². The van der Waals surface area contributed by atoms with E-state index >= 15 is 0 Å². The van der Waals surface area contributed by atoms with Gasteiger partial charge in [0.1, 0.15) is 27.3 Å². The van der Waals surface area contributed by atoms with Crippen LogP contribution in [0.15, 0.2) is 24.4 Å². The van der Waals surface area contributed by atoms with Crippen molar-refractivity contribution in [1.82, 2.24) is 19.7 Å². The van der Waals surface area contributed by atoms with Gasteiger partial charge in [-0.2, -0.15) is 5.10 Å². The van der Waals surface area contributed by atoms with Crippen LogP contribution in [0.4, 0.5) is 25.3 Å². The van der Waals surface area contributed by atoms with Crippen molar-refractivity contribution in [3.63, 3.8) is 0 Å². The number of rotatable bonds is 4. The molecule has 0 atom stereocenters. The zero-order valence-corrected chi connectivity index (χ0v) is 17.3. The van der Waals surface area contributed by atoms with Crippen molar-refractivity contribution in [3.8, 4) is 10.6 Å². The molecule has 0 aliphatic carbocycles. The monoisotopic (exact) mass is 433 g/mol. The number of aryl methyl sites for hydroxylation is 1. The minimum atomic E-state index is -0.764. The van der Waals surface area contributed by atoms with Gasteiger partial charge in [-0.3, -0.25) is 9.48 Å². The van der Waals surface area contributed by atoms with Crippen LogP contribution in [0, 0.1) is 11.6 Å². The van der Waals surface area contributed by atoms with Crippen LogP contribution in [0.1, 0.15) is 10.5 Å². The van der Waals surface area contributed by atoms with Crippen molar-refractivity contribution >= 4 is 33.8 Å². The summed E-state index contributed by atoms with van der Waals surface area (Å²) >= 11 is 0.861. The second-order valence-electron chi connectivity index (χ2n) is 7.08. The summed E-state index contributed by atoms with van der Waals surface area (Å²) in [4.78, 5) is 21.3. The highest BCUT2D eigenvalue weighted by molar-refractivity contribution is 7.19. The van der Waals surface area contributed by atoms with E-state index < -0.39 is 17.5 Å². The summed E-state index contributed by atoms with van der Waals surface area (Å²) in [6, 6.07) is 3.53. The molecule has 158 valence electrons. The maximum Gasteiger partial charge on any atom is 0.277 e. The fourth-order valence-corrected chi connectivity index (χ4v) is 4.28. The van der Waals surface area contributed by atoms with Crippen molar-refractivity contribution in [2.24, 2.45) is 7.05 Å². The molecule has 0 saturated carbocycles. The lowest BCUT2D eigenvalue weighted by Gasteiger charge is -2.34. The Morgan fingerprint density at radius 2 is 1.83 bits per heavy atom. The van der Waals surface area contributed by atoms with Crippen LogP contribution in [0.25, 0.3) is 10.6 Å². The molecule has 0 spiro atoms. The zero-order chi connectivity index (χ0) is 21.4. The smallest absolute Gasteiger partial charge is 0.277 e. The molecule has 1 aliphatic rings. The topological polar surface area (TPSA) is 92.3 Å². The van der Waals surface area contributed by atoms with Crippen molar-refractivity contribution in [2.45, 2.75) is 0 Å². The van der Waals surface area contributed by atoms with Crippen LogP contribution >= 0.6 is 11.3 Å². The van der Waals surface area contributed by atoms with Crippen LogP contribution in [-0.2, 0) is 7.05 Å². The number of nitrogens with one attached hydrogen (secondary N) is 1. The number of aromatic nitrogens is 3. The molecule has 0 radical (unpaired) electrons. The molecule has 1 fully saturated rings. The highest BCUT2D eigenvalue weighted by Gasteiger charge is 2.25. The predicted molar refractivity (Wildman–Crippen MR) is 113 cm³/mol. The molecule has 1 aliphatic heterocycles. The first kappa shape index (κ1) is 20.2. The van der Waals surface area contributed by atoms with Gasteiger partial charge >= 0.3 is 0 Å². The zero-order valence-electron chi connectivity index (χ0n) is 16.5. The van der Waals surface area contributed by atoms with Gasteiger partial charge in [-0.05, 0) is 19.2 Å². The van der Waals surface area contributed by atoms with Crippen LogP contribution in [-0.4, -0.2) is 58.8 Å². The van der Waals surface area contributed by atoms with Gasteiger partial charge in [0.05, 0.1) is 11.8 Å². The molecule has 1 amide bonds. The minimum Gasteiger partial charge on any atom is -0.389 e. The van der Waals surface area contributed by atoms with Gasteiger partial charge in [-0.1, -0.05) is 17.4 Å². The molecular weight excluding hydrogens is 412 g/mol. The Kier molecular flexibility index (Phi) is 5.39. The molecule has 1 saturated heterocycles. The molecule has 4 rings (SSSR count). The summed E-state index contributed by atoms with van der Waals surface area (Å²) in [6.45, 7) is 3.40. The summed E-state index contributed by atoms with van der Waals surface area (Å²) < 4.78 is 29.9. The van der Waals surface area contributed by atoms with Crippen molar-refractivity contribution < 1.29 is 13.6 Å². The van der Waals surface area contributed by atoms with E-state index in [-0.39, 0.29) is 21.3 Å². The lowest BCUT2D eigenvalue weighted by molar-refractivity contribution is 0.102. The Labute approximate surface area is 175 Å². The molecule has 3 N–H and O–H groups in total. The molecule has 30 heavy (non-hydrogen) atoms. The number of nitrogen functional groups attached to an aromatic ring is 1. The van der Waals surface area contributed by atoms with E-state index in [9.17, 15) is 13.6 Å². The fraction of sp³-hybridized carbons (Fsp3) is 0.316. The van der Waals surface area contributed by atoms with Gasteiger partial charge < -0.3 is 20.9 Å². The summed E-state index contributed by atoms with van der Waals surface area (Å²) in [6.07, 6.45) is 1.56. The van der Waals surface area contributed by atoms with E-state index in [4.69, 9.17) is 5.73 Å². The lowest BCUT2D eigenvalue weighted by atomic mass is 10.2. The predicted octanol–water partition coefficient (Wildman–Crippen LogP) is 2.41. The van der Waals surface area contributed by atoms with E-state index in [1.54, 1.807) is 17.9 Å². The average molecular weight is 433 g/mol. The van der Waals surface area contributed by atoms with Gasteiger partial charge in [0, 0.05) is 33.2 Å². The summed E-state index contributed by atoms with van der Waals surface area (Å²) in [5, 5.41) is 7.14. The number of hydrogen-bond donors (Lipinski definition) is 2. The van der Waals surface area contributed by atoms with E-state index in [2.05, 4.69) is 32.2 Å². The van der Waals surface area contributed by atoms with Gasteiger partial charge in [0.2, 0.25) is 0 Å². The van der Waals surface area contributed by atoms with Gasteiger partial charge in [-0.25, -0.2) is 13.8 Å². The quantitative estimate of drug-likeness (QED) is 0.657. The highest BCUT2D eigenvalue weighted by atomic mass is 32.1. The summed E-state index contributed by atoms with van der Waals surface area (Å²) in [5.74, 6) is -1.30. The number of hydrogen-bond acceptors (Lipinski definition) is 7. The molecule has 8 nitrogen and oxygen atoms in total. The number of nitrogens with zero attached hydrogens (tertiary/aromatic N) is 5. The number of anilines is 3. The number of piperazine rings is 1. The molecule has 3 aromatic rings. The van der Waals surface area contributed by atoms with Gasteiger partial charge in [0.25, 0.3) is 5.91 Å². The fourth-order valence-electron chi connectivity index (χ4n) is 3.40. The van der Waals surface area contributed by atoms with E-state index in [0.29, 0.717) is 5.69 Å². The number of carbonyl (C=O) groups is 1. The normalized spacial score (nSPS) is 14.9. The first-order valence-electron chi connectivity index (χ1n) is 9.32. The van der Waals surface area contributed by atoms with E-state index in [1.165, 1.54) is 6.07 Å². The van der Waals surface area contributed by atoms with Crippen LogP contribution < -0.4 is 16.0 Å². The molecular formula is C19H21F2N7OS. The van der Waals surface area contributed by atoms with Crippen molar-refractivity contribution in [2.75, 3.05) is 49.2 Å². The third-order valence-electron chi connectivity index (χ3n) is 5.00. The third kappa shape index (κ3) is 3.73. The molecule has 2 aromatic heterocycles.